The second-order valence-electron chi connectivity index (χ2n) is 2.44. The van der Waals surface area contributed by atoms with Gasteiger partial charge in [0.15, 0.2) is 0 Å². The summed E-state index contributed by atoms with van der Waals surface area (Å²) in [5.74, 6) is -0.305. The Bertz CT molecular complexity index is 257. The van der Waals surface area contributed by atoms with Gasteiger partial charge in [-0.2, -0.15) is 0 Å². The van der Waals surface area contributed by atoms with Gasteiger partial charge in [-0.25, -0.2) is 4.57 Å². The van der Waals surface area contributed by atoms with E-state index in [1.165, 1.54) is 0 Å². The fourth-order valence-corrected chi connectivity index (χ4v) is 1.95. The molecule has 1 aliphatic rings. The highest BCUT2D eigenvalue weighted by Gasteiger charge is 2.31. The predicted octanol–water partition coefficient (Wildman–Crippen LogP) is 0.460. The maximum Gasteiger partial charge on any atom is 0.475 e. The van der Waals surface area contributed by atoms with E-state index >= 15 is 0 Å². The Morgan fingerprint density at radius 1 is 1.57 bits per heavy atom. The van der Waals surface area contributed by atoms with E-state index in [4.69, 9.17) is 13.6 Å². The molecular weight excluding hydrogens is 209 g/mol. The van der Waals surface area contributed by atoms with Crippen molar-refractivity contribution in [1.82, 2.24) is 5.32 Å². The van der Waals surface area contributed by atoms with Crippen molar-refractivity contribution in [3.63, 3.8) is 0 Å². The van der Waals surface area contributed by atoms with E-state index in [0.717, 1.165) is 6.08 Å². The van der Waals surface area contributed by atoms with Crippen LogP contribution in [0.2, 0.25) is 0 Å². The van der Waals surface area contributed by atoms with E-state index in [2.05, 4.69) is 11.9 Å². The summed E-state index contributed by atoms with van der Waals surface area (Å²) in [5, 5.41) is 2.46. The Balaban J connectivity index is 2.12. The lowest BCUT2D eigenvalue weighted by molar-refractivity contribution is -0.116. The minimum absolute atomic E-state index is 0.0802. The van der Waals surface area contributed by atoms with Gasteiger partial charge in [-0.3, -0.25) is 18.4 Å². The molecule has 14 heavy (non-hydrogen) atoms. The third-order valence-electron chi connectivity index (χ3n) is 1.42. The SMILES string of the molecule is C=CC(=O)NCCOP1(=O)OCCO1. The third-order valence-corrected chi connectivity index (χ3v) is 2.91. The molecule has 0 aliphatic carbocycles. The summed E-state index contributed by atoms with van der Waals surface area (Å²) in [4.78, 5) is 10.7. The Morgan fingerprint density at radius 3 is 2.79 bits per heavy atom. The molecule has 1 saturated heterocycles. The molecule has 1 aliphatic heterocycles. The van der Waals surface area contributed by atoms with Crippen molar-refractivity contribution in [3.8, 4) is 0 Å². The molecule has 0 aromatic rings. The van der Waals surface area contributed by atoms with Crippen molar-refractivity contribution in [2.45, 2.75) is 0 Å². The van der Waals surface area contributed by atoms with Crippen LogP contribution >= 0.6 is 7.82 Å². The molecule has 0 saturated carbocycles. The number of hydrogen-bond donors (Lipinski definition) is 1. The summed E-state index contributed by atoms with van der Waals surface area (Å²) >= 11 is 0. The van der Waals surface area contributed by atoms with Crippen LogP contribution in [-0.4, -0.2) is 32.3 Å². The van der Waals surface area contributed by atoms with Crippen LogP contribution in [0, 0.1) is 0 Å². The minimum atomic E-state index is -3.32. The van der Waals surface area contributed by atoms with Crippen LogP contribution in [0.25, 0.3) is 0 Å². The van der Waals surface area contributed by atoms with Crippen molar-refractivity contribution < 1.29 is 22.9 Å². The van der Waals surface area contributed by atoms with E-state index in [0.29, 0.717) is 0 Å². The molecule has 1 heterocycles. The van der Waals surface area contributed by atoms with Gasteiger partial charge in [-0.05, 0) is 6.08 Å². The molecule has 1 N–H and O–H groups in total. The Morgan fingerprint density at radius 2 is 2.21 bits per heavy atom. The maximum absolute atomic E-state index is 11.3. The summed E-state index contributed by atoms with van der Waals surface area (Å²) < 4.78 is 25.7. The summed E-state index contributed by atoms with van der Waals surface area (Å²) in [5.41, 5.74) is 0. The monoisotopic (exact) mass is 221 g/mol. The average molecular weight is 221 g/mol. The maximum atomic E-state index is 11.3. The molecule has 0 unspecified atom stereocenters. The summed E-state index contributed by atoms with van der Waals surface area (Å²) in [7, 11) is -3.32. The Hall–Kier alpha value is -0.680. The lowest BCUT2D eigenvalue weighted by Crippen LogP contribution is -2.24. The molecule has 80 valence electrons. The number of carbonyl (C=O) groups excluding carboxylic acids is 1. The zero-order valence-corrected chi connectivity index (χ0v) is 8.50. The van der Waals surface area contributed by atoms with Crippen molar-refractivity contribution in [2.24, 2.45) is 0 Å². The normalized spacial score (nSPS) is 19.1. The zero-order chi connectivity index (χ0) is 10.4. The summed E-state index contributed by atoms with van der Waals surface area (Å²) in [6.07, 6.45) is 1.14. The van der Waals surface area contributed by atoms with Gasteiger partial charge >= 0.3 is 7.82 Å². The van der Waals surface area contributed by atoms with E-state index in [9.17, 15) is 9.36 Å². The molecule has 0 spiro atoms. The highest BCUT2D eigenvalue weighted by atomic mass is 31.2. The van der Waals surface area contributed by atoms with Crippen LogP contribution in [0.4, 0.5) is 0 Å². The summed E-state index contributed by atoms with van der Waals surface area (Å²) in [6.45, 7) is 4.14. The molecule has 1 fully saturated rings. The van der Waals surface area contributed by atoms with Crippen molar-refractivity contribution >= 4 is 13.7 Å². The lowest BCUT2D eigenvalue weighted by atomic mass is 10.5. The number of amides is 1. The second-order valence-corrected chi connectivity index (χ2v) is 4.11. The highest BCUT2D eigenvalue weighted by molar-refractivity contribution is 7.48. The van der Waals surface area contributed by atoms with Crippen LogP contribution < -0.4 is 5.32 Å². The van der Waals surface area contributed by atoms with E-state index in [1.54, 1.807) is 0 Å². The molecule has 1 rings (SSSR count). The van der Waals surface area contributed by atoms with Gasteiger partial charge < -0.3 is 5.32 Å². The van der Waals surface area contributed by atoms with Gasteiger partial charge in [0.1, 0.15) is 0 Å². The average Bonchev–Trinajstić information content (AvgIpc) is 2.60. The van der Waals surface area contributed by atoms with E-state index in [1.807, 2.05) is 0 Å². The van der Waals surface area contributed by atoms with Crippen molar-refractivity contribution in [1.29, 1.82) is 0 Å². The van der Waals surface area contributed by atoms with Crippen molar-refractivity contribution in [3.05, 3.63) is 12.7 Å². The molecule has 0 atom stereocenters. The minimum Gasteiger partial charge on any atom is -0.350 e. The van der Waals surface area contributed by atoms with Crippen LogP contribution in [0.15, 0.2) is 12.7 Å². The molecule has 0 aromatic heterocycles. The quantitative estimate of drug-likeness (QED) is 0.414. The molecule has 1 amide bonds. The summed E-state index contributed by atoms with van der Waals surface area (Å²) in [6, 6.07) is 0. The molecule has 0 aromatic carbocycles. The van der Waals surface area contributed by atoms with E-state index in [-0.39, 0.29) is 32.3 Å². The Labute approximate surface area is 81.8 Å². The highest BCUT2D eigenvalue weighted by Crippen LogP contribution is 2.52. The molecule has 0 bridgehead atoms. The fraction of sp³-hybridized carbons (Fsp3) is 0.571. The first kappa shape index (κ1) is 11.4. The first-order valence-corrected chi connectivity index (χ1v) is 5.56. The van der Waals surface area contributed by atoms with Gasteiger partial charge in [0.05, 0.1) is 19.8 Å². The van der Waals surface area contributed by atoms with Gasteiger partial charge in [-0.15, -0.1) is 0 Å². The number of nitrogens with one attached hydrogen (secondary N) is 1. The molecule has 0 radical (unpaired) electrons. The number of carbonyl (C=O) groups is 1. The molecular formula is C7H12NO5P. The fourth-order valence-electron chi connectivity index (χ4n) is 0.814. The first-order valence-electron chi connectivity index (χ1n) is 4.10. The lowest BCUT2D eigenvalue weighted by Gasteiger charge is -2.09. The van der Waals surface area contributed by atoms with E-state index < -0.39 is 7.82 Å². The number of phosphoric ester groups is 1. The zero-order valence-electron chi connectivity index (χ0n) is 7.60. The van der Waals surface area contributed by atoms with Gasteiger partial charge in [0, 0.05) is 6.54 Å². The molecule has 6 nitrogen and oxygen atoms in total. The number of phosphoric acid groups is 1. The third kappa shape index (κ3) is 3.59. The number of hydrogen-bond acceptors (Lipinski definition) is 5. The van der Waals surface area contributed by atoms with Gasteiger partial charge in [0.25, 0.3) is 0 Å². The second kappa shape index (κ2) is 5.26. The van der Waals surface area contributed by atoms with Crippen LogP contribution in [0.1, 0.15) is 0 Å². The molecule has 7 heteroatoms. The number of rotatable bonds is 5. The van der Waals surface area contributed by atoms with Gasteiger partial charge in [0.2, 0.25) is 5.91 Å². The largest absolute Gasteiger partial charge is 0.475 e. The topological polar surface area (TPSA) is 73.9 Å². The first-order chi connectivity index (χ1) is 6.66. The standard InChI is InChI=1S/C7H12NO5P/c1-2-7(9)8-3-4-11-14(10)12-5-6-13-14/h2H,1,3-6H2,(H,8,9). The smallest absolute Gasteiger partial charge is 0.350 e. The predicted molar refractivity (Wildman–Crippen MR) is 48.7 cm³/mol. The van der Waals surface area contributed by atoms with Crippen molar-refractivity contribution in [2.75, 3.05) is 26.4 Å². The van der Waals surface area contributed by atoms with Gasteiger partial charge in [-0.1, -0.05) is 6.58 Å². The van der Waals surface area contributed by atoms with Crippen LogP contribution in [-0.2, 0) is 22.9 Å². The van der Waals surface area contributed by atoms with Crippen LogP contribution in [0.3, 0.4) is 0 Å². The van der Waals surface area contributed by atoms with Crippen LogP contribution in [0.5, 0.6) is 0 Å². The Kier molecular flexibility index (Phi) is 4.28.